The maximum atomic E-state index is 15.5. The average molecular weight is 575 g/mol. The normalized spacial score (nSPS) is 14.2. The van der Waals surface area contributed by atoms with Gasteiger partial charge in [0.25, 0.3) is 5.91 Å². The maximum absolute atomic E-state index is 15.5. The number of anilines is 1. The summed E-state index contributed by atoms with van der Waals surface area (Å²) >= 11 is 0. The van der Waals surface area contributed by atoms with Crippen LogP contribution in [-0.2, 0) is 22.6 Å². The lowest BCUT2D eigenvalue weighted by molar-refractivity contribution is -0.142. The van der Waals surface area contributed by atoms with Crippen LogP contribution in [0.5, 0.6) is 5.75 Å². The number of nitrogens with zero attached hydrogens (tertiary/aromatic N) is 3. The van der Waals surface area contributed by atoms with Gasteiger partial charge in [0.15, 0.2) is 5.69 Å². The Morgan fingerprint density at radius 1 is 1.02 bits per heavy atom. The fourth-order valence-electron chi connectivity index (χ4n) is 4.76. The van der Waals surface area contributed by atoms with Crippen LogP contribution >= 0.6 is 0 Å². The summed E-state index contributed by atoms with van der Waals surface area (Å²) in [4.78, 5) is 14.7. The lowest BCUT2D eigenvalue weighted by Gasteiger charge is -2.22. The molecule has 0 saturated carbocycles. The van der Waals surface area contributed by atoms with Crippen molar-refractivity contribution in [2.24, 2.45) is 5.14 Å². The summed E-state index contributed by atoms with van der Waals surface area (Å²) in [6, 6.07) is 15.5. The van der Waals surface area contributed by atoms with Crippen LogP contribution in [0.2, 0.25) is 0 Å². The lowest BCUT2D eigenvalue weighted by atomic mass is 10.0. The summed E-state index contributed by atoms with van der Waals surface area (Å²) in [7, 11) is -2.68. The van der Waals surface area contributed by atoms with E-state index in [0.717, 1.165) is 15.6 Å². The number of sulfonamides is 1. The molecule has 1 aliphatic heterocycles. The predicted octanol–water partition coefficient (Wildman–Crippen LogP) is 4.95. The maximum Gasteiger partial charge on any atom is 0.435 e. The minimum absolute atomic E-state index is 0.0581. The van der Waals surface area contributed by atoms with E-state index in [0.29, 0.717) is 5.75 Å². The summed E-state index contributed by atoms with van der Waals surface area (Å²) in [5.74, 6) is -1.27. The number of hydrogen-bond acceptors (Lipinski definition) is 5. The molecule has 0 saturated heterocycles. The number of rotatable bonds is 5. The zero-order chi connectivity index (χ0) is 28.8. The molecule has 0 spiro atoms. The van der Waals surface area contributed by atoms with Crippen LogP contribution < -0.4 is 14.8 Å². The van der Waals surface area contributed by atoms with Gasteiger partial charge in [-0.3, -0.25) is 4.79 Å². The highest BCUT2D eigenvalue weighted by Crippen LogP contribution is 2.38. The second kappa shape index (κ2) is 10.1. The van der Waals surface area contributed by atoms with Crippen molar-refractivity contribution < 1.29 is 35.5 Å². The van der Waals surface area contributed by atoms with E-state index in [9.17, 15) is 26.4 Å². The van der Waals surface area contributed by atoms with Gasteiger partial charge in [0.1, 0.15) is 17.3 Å². The lowest BCUT2D eigenvalue weighted by Crippen LogP contribution is -2.33. The number of methoxy groups -OCH3 is 1. The van der Waals surface area contributed by atoms with Crippen LogP contribution in [0.3, 0.4) is 0 Å². The molecule has 4 aromatic rings. The van der Waals surface area contributed by atoms with Crippen molar-refractivity contribution in [1.29, 1.82) is 0 Å². The first-order valence-electron chi connectivity index (χ1n) is 12.0. The minimum atomic E-state index is -4.82. The standard InChI is InChI=1S/C27H22F4N4O4S/c1-39-18-11-9-17(10-12-18)35-24-20(25(33-35)27(29,30)31)6-4-14-34(26(24)36)22-13-8-16(15-21(22)28)19-5-2-3-7-23(19)40(32,37)38/h2-3,5,7-13,15H,4,6,14H2,1H3,(H2,32,37,38). The van der Waals surface area contributed by atoms with Crippen molar-refractivity contribution in [3.8, 4) is 22.6 Å². The zero-order valence-corrected chi connectivity index (χ0v) is 21.8. The molecule has 0 atom stereocenters. The molecule has 0 radical (unpaired) electrons. The van der Waals surface area contributed by atoms with E-state index < -0.39 is 33.6 Å². The van der Waals surface area contributed by atoms with Gasteiger partial charge >= 0.3 is 6.18 Å². The molecular weight excluding hydrogens is 552 g/mol. The van der Waals surface area contributed by atoms with Crippen molar-refractivity contribution in [1.82, 2.24) is 9.78 Å². The number of hydrogen-bond donors (Lipinski definition) is 1. The van der Waals surface area contributed by atoms with E-state index in [1.54, 1.807) is 6.07 Å². The molecule has 3 aromatic carbocycles. The van der Waals surface area contributed by atoms with E-state index >= 15 is 4.39 Å². The predicted molar refractivity (Wildman–Crippen MR) is 138 cm³/mol. The van der Waals surface area contributed by atoms with Crippen molar-refractivity contribution in [3.63, 3.8) is 0 Å². The van der Waals surface area contributed by atoms with E-state index in [1.807, 2.05) is 0 Å². The average Bonchev–Trinajstić information content (AvgIpc) is 3.23. The van der Waals surface area contributed by atoms with Gasteiger partial charge in [-0.15, -0.1) is 0 Å². The molecule has 5 rings (SSSR count). The topological polar surface area (TPSA) is 108 Å². The first kappa shape index (κ1) is 27.3. The largest absolute Gasteiger partial charge is 0.497 e. The monoisotopic (exact) mass is 574 g/mol. The molecular formula is C27H22F4N4O4S. The molecule has 1 aliphatic rings. The summed E-state index contributed by atoms with van der Waals surface area (Å²) in [5, 5.41) is 9.06. The third-order valence-corrected chi connectivity index (χ3v) is 7.54. The molecule has 2 heterocycles. The number of alkyl halides is 3. The molecule has 0 bridgehead atoms. The highest BCUT2D eigenvalue weighted by molar-refractivity contribution is 7.89. The Kier molecular flexibility index (Phi) is 6.88. The summed E-state index contributed by atoms with van der Waals surface area (Å²) in [6.45, 7) is -0.0581. The van der Waals surface area contributed by atoms with E-state index in [1.165, 1.54) is 61.7 Å². The number of fused-ring (bicyclic) bond motifs is 1. The van der Waals surface area contributed by atoms with Gasteiger partial charge in [0, 0.05) is 17.7 Å². The van der Waals surface area contributed by atoms with Gasteiger partial charge in [0.2, 0.25) is 10.0 Å². The molecule has 8 nitrogen and oxygen atoms in total. The summed E-state index contributed by atoms with van der Waals surface area (Å²) in [6.07, 6.45) is -4.81. The van der Waals surface area contributed by atoms with Gasteiger partial charge in [-0.2, -0.15) is 18.3 Å². The zero-order valence-electron chi connectivity index (χ0n) is 20.9. The van der Waals surface area contributed by atoms with Crippen LogP contribution in [0, 0.1) is 5.82 Å². The molecule has 1 amide bonds. The summed E-state index contributed by atoms with van der Waals surface area (Å²) in [5.41, 5.74) is -1.40. The molecule has 208 valence electrons. The fraction of sp³-hybridized carbons (Fsp3) is 0.185. The Hall–Kier alpha value is -4.23. The molecule has 2 N–H and O–H groups in total. The third-order valence-electron chi connectivity index (χ3n) is 6.57. The van der Waals surface area contributed by atoms with Crippen molar-refractivity contribution >= 4 is 21.6 Å². The number of carbonyl (C=O) groups is 1. The quantitative estimate of drug-likeness (QED) is 0.340. The van der Waals surface area contributed by atoms with Crippen LogP contribution in [0.1, 0.15) is 28.2 Å². The highest BCUT2D eigenvalue weighted by Gasteiger charge is 2.42. The van der Waals surface area contributed by atoms with Crippen molar-refractivity contribution in [2.45, 2.75) is 23.9 Å². The van der Waals surface area contributed by atoms with Crippen molar-refractivity contribution in [2.75, 3.05) is 18.6 Å². The van der Waals surface area contributed by atoms with Crippen LogP contribution in [0.25, 0.3) is 16.8 Å². The second-order valence-electron chi connectivity index (χ2n) is 9.05. The number of aromatic nitrogens is 2. The number of carbonyl (C=O) groups excluding carboxylic acids is 1. The molecule has 0 fully saturated rings. The van der Waals surface area contributed by atoms with E-state index in [4.69, 9.17) is 9.88 Å². The van der Waals surface area contributed by atoms with Crippen molar-refractivity contribution in [3.05, 3.63) is 89.5 Å². The molecule has 13 heteroatoms. The number of primary sulfonamides is 1. The van der Waals surface area contributed by atoms with E-state index in [-0.39, 0.29) is 58.0 Å². The Bertz CT molecular complexity index is 1720. The van der Waals surface area contributed by atoms with Crippen LogP contribution in [-0.4, -0.2) is 37.8 Å². The molecule has 40 heavy (non-hydrogen) atoms. The highest BCUT2D eigenvalue weighted by atomic mass is 32.2. The van der Waals surface area contributed by atoms with Crippen LogP contribution in [0.15, 0.2) is 71.6 Å². The molecule has 0 aliphatic carbocycles. The van der Waals surface area contributed by atoms with Gasteiger partial charge in [0.05, 0.1) is 23.4 Å². The number of nitrogens with two attached hydrogens (primary N) is 1. The smallest absolute Gasteiger partial charge is 0.435 e. The Morgan fingerprint density at radius 2 is 1.73 bits per heavy atom. The summed E-state index contributed by atoms with van der Waals surface area (Å²) < 4.78 is 87.5. The Labute approximate surface area is 226 Å². The number of amides is 1. The number of halogens is 4. The first-order valence-corrected chi connectivity index (χ1v) is 13.5. The van der Waals surface area contributed by atoms with E-state index in [2.05, 4.69) is 5.10 Å². The fourth-order valence-corrected chi connectivity index (χ4v) is 5.53. The SMILES string of the molecule is COc1ccc(-n2nc(C(F)(F)F)c3c2C(=O)N(c2ccc(-c4ccccc4S(N)(=O)=O)cc2F)CCC3)cc1. The Balaban J connectivity index is 1.61. The third kappa shape index (κ3) is 4.93. The van der Waals surface area contributed by atoms with Gasteiger partial charge in [-0.1, -0.05) is 24.3 Å². The molecule has 1 aromatic heterocycles. The second-order valence-corrected chi connectivity index (χ2v) is 10.6. The first-order chi connectivity index (χ1) is 18.9. The van der Waals surface area contributed by atoms with Gasteiger partial charge in [-0.25, -0.2) is 22.6 Å². The van der Waals surface area contributed by atoms with Crippen LogP contribution in [0.4, 0.5) is 23.2 Å². The van der Waals surface area contributed by atoms with Gasteiger partial charge < -0.3 is 9.64 Å². The number of ether oxygens (including phenoxy) is 1. The Morgan fingerprint density at radius 3 is 2.35 bits per heavy atom. The minimum Gasteiger partial charge on any atom is -0.497 e. The van der Waals surface area contributed by atoms with Gasteiger partial charge in [-0.05, 0) is 60.9 Å². The molecule has 0 unspecified atom stereocenters. The number of benzene rings is 3.